The largest absolute Gasteiger partial charge is 0.464 e. The highest BCUT2D eigenvalue weighted by atomic mass is 16.3. The summed E-state index contributed by atoms with van der Waals surface area (Å²) in [6.07, 6.45) is 0.731. The van der Waals surface area contributed by atoms with E-state index in [9.17, 15) is 0 Å². The molecule has 0 atom stereocenters. The minimum Gasteiger partial charge on any atom is -0.464 e. The Morgan fingerprint density at radius 3 is 2.71 bits per heavy atom. The summed E-state index contributed by atoms with van der Waals surface area (Å²) >= 11 is 0. The molecule has 2 heterocycles. The van der Waals surface area contributed by atoms with E-state index in [0.717, 1.165) is 48.9 Å². The van der Waals surface area contributed by atoms with Crippen molar-refractivity contribution in [2.24, 2.45) is 0 Å². The zero-order valence-electron chi connectivity index (χ0n) is 12.6. The molecular weight excluding hydrogens is 262 g/mol. The first-order valence-electron chi connectivity index (χ1n) is 7.54. The van der Waals surface area contributed by atoms with E-state index in [0.29, 0.717) is 0 Å². The quantitative estimate of drug-likeness (QED) is 0.754. The lowest BCUT2D eigenvalue weighted by molar-refractivity contribution is 0.452. The van der Waals surface area contributed by atoms with Crippen LogP contribution in [0.4, 0.5) is 0 Å². The van der Waals surface area contributed by atoms with Crippen LogP contribution in [0.5, 0.6) is 0 Å². The lowest BCUT2D eigenvalue weighted by atomic mass is 10.3. The van der Waals surface area contributed by atoms with Gasteiger partial charge in [0.1, 0.15) is 17.3 Å². The first-order chi connectivity index (χ1) is 10.3. The minimum atomic E-state index is 0.731. The average Bonchev–Trinajstić information content (AvgIpc) is 3.09. The Balaban J connectivity index is 1.85. The summed E-state index contributed by atoms with van der Waals surface area (Å²) in [6, 6.07) is 12.3. The molecule has 0 saturated carbocycles. The molecule has 3 rings (SSSR count). The van der Waals surface area contributed by atoms with Crippen molar-refractivity contribution < 1.29 is 4.42 Å². The fourth-order valence-electron chi connectivity index (χ4n) is 2.63. The number of aryl methyl sites for hydroxylation is 1. The molecule has 1 aromatic carbocycles. The molecule has 0 bridgehead atoms. The summed E-state index contributed by atoms with van der Waals surface area (Å²) in [7, 11) is 0. The molecule has 0 spiro atoms. The Morgan fingerprint density at radius 2 is 1.90 bits per heavy atom. The zero-order chi connectivity index (χ0) is 14.7. The molecule has 4 nitrogen and oxygen atoms in total. The number of rotatable bonds is 6. The highest BCUT2D eigenvalue weighted by Gasteiger charge is 2.11. The van der Waals surface area contributed by atoms with Gasteiger partial charge < -0.3 is 14.3 Å². The maximum atomic E-state index is 5.87. The number of hydrogen-bond acceptors (Lipinski definition) is 3. The molecule has 0 unspecified atom stereocenters. The number of aromatic nitrogens is 2. The van der Waals surface area contributed by atoms with Crippen molar-refractivity contribution in [3.05, 3.63) is 53.7 Å². The second kappa shape index (κ2) is 6.14. The maximum absolute atomic E-state index is 5.87. The fraction of sp³-hybridized carbons (Fsp3) is 0.353. The molecule has 21 heavy (non-hydrogen) atoms. The van der Waals surface area contributed by atoms with Gasteiger partial charge in [-0.1, -0.05) is 19.1 Å². The van der Waals surface area contributed by atoms with Gasteiger partial charge in [-0.05, 0) is 37.7 Å². The molecule has 1 N–H and O–H groups in total. The normalized spacial score (nSPS) is 11.3. The topological polar surface area (TPSA) is 43.0 Å². The number of nitrogens with one attached hydrogen (secondary N) is 1. The SMILES string of the molecule is CCNCc1ccc(Cc2nc3ccccc3n2CC)o1. The van der Waals surface area contributed by atoms with E-state index in [2.05, 4.69) is 41.9 Å². The van der Waals surface area contributed by atoms with Gasteiger partial charge in [-0.25, -0.2) is 4.98 Å². The average molecular weight is 283 g/mol. The monoisotopic (exact) mass is 283 g/mol. The highest BCUT2D eigenvalue weighted by Crippen LogP contribution is 2.19. The highest BCUT2D eigenvalue weighted by molar-refractivity contribution is 5.75. The molecule has 0 radical (unpaired) electrons. The van der Waals surface area contributed by atoms with Gasteiger partial charge in [-0.3, -0.25) is 0 Å². The molecular formula is C17H21N3O. The molecule has 0 amide bonds. The Morgan fingerprint density at radius 1 is 1.10 bits per heavy atom. The molecule has 0 aliphatic rings. The Labute approximate surface area is 124 Å². The molecule has 110 valence electrons. The summed E-state index contributed by atoms with van der Waals surface area (Å²) in [5.74, 6) is 3.00. The first-order valence-corrected chi connectivity index (χ1v) is 7.54. The zero-order valence-corrected chi connectivity index (χ0v) is 12.6. The standard InChI is InChI=1S/C17H21N3O/c1-3-18-12-14-10-9-13(21-14)11-17-19-15-7-5-6-8-16(15)20(17)4-2/h5-10,18H,3-4,11-12H2,1-2H3. The van der Waals surface area contributed by atoms with E-state index in [-0.39, 0.29) is 0 Å². The predicted molar refractivity (Wildman–Crippen MR) is 84.3 cm³/mol. The van der Waals surface area contributed by atoms with Gasteiger partial charge in [0.25, 0.3) is 0 Å². The van der Waals surface area contributed by atoms with Crippen molar-refractivity contribution in [2.45, 2.75) is 33.4 Å². The Bertz CT molecular complexity index is 727. The van der Waals surface area contributed by atoms with Gasteiger partial charge in [0.05, 0.1) is 24.0 Å². The predicted octanol–water partition coefficient (Wildman–Crippen LogP) is 3.35. The third-order valence-electron chi connectivity index (χ3n) is 3.65. The van der Waals surface area contributed by atoms with Crippen LogP contribution in [0.15, 0.2) is 40.8 Å². The van der Waals surface area contributed by atoms with Crippen LogP contribution >= 0.6 is 0 Å². The van der Waals surface area contributed by atoms with Crippen LogP contribution in [0.25, 0.3) is 11.0 Å². The Kier molecular flexibility index (Phi) is 4.06. The number of fused-ring (bicyclic) bond motifs is 1. The fourth-order valence-corrected chi connectivity index (χ4v) is 2.63. The summed E-state index contributed by atoms with van der Waals surface area (Å²) in [6.45, 7) is 6.88. The molecule has 0 aliphatic heterocycles. The summed E-state index contributed by atoms with van der Waals surface area (Å²) in [5.41, 5.74) is 2.24. The summed E-state index contributed by atoms with van der Waals surface area (Å²) < 4.78 is 8.12. The van der Waals surface area contributed by atoms with Gasteiger partial charge in [0.15, 0.2) is 0 Å². The first kappa shape index (κ1) is 13.9. The van der Waals surface area contributed by atoms with Gasteiger partial charge in [0, 0.05) is 6.54 Å². The minimum absolute atomic E-state index is 0.731. The molecule has 0 saturated heterocycles. The van der Waals surface area contributed by atoms with Crippen molar-refractivity contribution in [1.29, 1.82) is 0 Å². The van der Waals surface area contributed by atoms with E-state index in [1.807, 2.05) is 18.2 Å². The van der Waals surface area contributed by atoms with Crippen molar-refractivity contribution in [1.82, 2.24) is 14.9 Å². The molecule has 3 aromatic rings. The number of hydrogen-bond donors (Lipinski definition) is 1. The summed E-state index contributed by atoms with van der Waals surface area (Å²) in [4.78, 5) is 4.74. The van der Waals surface area contributed by atoms with Crippen LogP contribution in [-0.2, 0) is 19.5 Å². The van der Waals surface area contributed by atoms with E-state index < -0.39 is 0 Å². The maximum Gasteiger partial charge on any atom is 0.117 e. The lowest BCUT2D eigenvalue weighted by Crippen LogP contribution is -2.10. The number of nitrogens with zero attached hydrogens (tertiary/aromatic N) is 2. The smallest absolute Gasteiger partial charge is 0.117 e. The molecule has 2 aromatic heterocycles. The van der Waals surface area contributed by atoms with Crippen LogP contribution in [0, 0.1) is 0 Å². The molecule has 0 aliphatic carbocycles. The Hall–Kier alpha value is -2.07. The van der Waals surface area contributed by atoms with Crippen molar-refractivity contribution in [3.8, 4) is 0 Å². The van der Waals surface area contributed by atoms with Crippen LogP contribution < -0.4 is 5.32 Å². The molecule has 4 heteroatoms. The third-order valence-corrected chi connectivity index (χ3v) is 3.65. The number of benzene rings is 1. The van der Waals surface area contributed by atoms with E-state index in [4.69, 9.17) is 9.40 Å². The lowest BCUT2D eigenvalue weighted by Gasteiger charge is -2.04. The van der Waals surface area contributed by atoms with Crippen molar-refractivity contribution in [2.75, 3.05) is 6.54 Å². The van der Waals surface area contributed by atoms with E-state index >= 15 is 0 Å². The number of para-hydroxylation sites is 2. The van der Waals surface area contributed by atoms with Crippen molar-refractivity contribution in [3.63, 3.8) is 0 Å². The van der Waals surface area contributed by atoms with Crippen LogP contribution in [0.1, 0.15) is 31.2 Å². The molecule has 0 fully saturated rings. The van der Waals surface area contributed by atoms with Crippen molar-refractivity contribution >= 4 is 11.0 Å². The van der Waals surface area contributed by atoms with E-state index in [1.54, 1.807) is 0 Å². The number of imidazole rings is 1. The van der Waals surface area contributed by atoms with Gasteiger partial charge >= 0.3 is 0 Å². The second-order valence-electron chi connectivity index (χ2n) is 5.09. The van der Waals surface area contributed by atoms with Gasteiger partial charge in [0.2, 0.25) is 0 Å². The van der Waals surface area contributed by atoms with Crippen LogP contribution in [0.2, 0.25) is 0 Å². The number of furan rings is 1. The summed E-state index contributed by atoms with van der Waals surface area (Å²) in [5, 5.41) is 3.27. The van der Waals surface area contributed by atoms with Gasteiger partial charge in [-0.15, -0.1) is 0 Å². The van der Waals surface area contributed by atoms with Gasteiger partial charge in [-0.2, -0.15) is 0 Å². The second-order valence-corrected chi connectivity index (χ2v) is 5.09. The van der Waals surface area contributed by atoms with Crippen LogP contribution in [0.3, 0.4) is 0 Å². The third kappa shape index (κ3) is 2.85. The van der Waals surface area contributed by atoms with E-state index in [1.165, 1.54) is 5.52 Å². The van der Waals surface area contributed by atoms with Crippen LogP contribution in [-0.4, -0.2) is 16.1 Å².